The first-order valence-electron chi connectivity index (χ1n) is 35.4. The monoisotopic (exact) mass is 1330 g/mol. The lowest BCUT2D eigenvalue weighted by Gasteiger charge is -2.38. The largest absolute Gasteiger partial charge is 0.340 e. The quantitative estimate of drug-likeness (QED) is 0.0648. The van der Waals surface area contributed by atoms with Crippen LogP contribution in [0.4, 0.5) is 22.7 Å². The van der Waals surface area contributed by atoms with E-state index >= 15 is 0 Å². The number of benzene rings is 4. The van der Waals surface area contributed by atoms with Crippen molar-refractivity contribution in [3.63, 3.8) is 0 Å². The van der Waals surface area contributed by atoms with Crippen molar-refractivity contribution in [2.24, 2.45) is 20.0 Å². The molecule has 0 aliphatic carbocycles. The van der Waals surface area contributed by atoms with Crippen LogP contribution in [0, 0.1) is 45.9 Å². The number of ether oxygens (including phenoxy) is 2. The third-order valence-electron chi connectivity index (χ3n) is 21.6. The molecule has 94 heavy (non-hydrogen) atoms. The van der Waals surface area contributed by atoms with Crippen molar-refractivity contribution in [1.29, 1.82) is 0 Å². The summed E-state index contributed by atoms with van der Waals surface area (Å²) in [6, 6.07) is 34.3. The summed E-state index contributed by atoms with van der Waals surface area (Å²) in [5.41, 5.74) is 29.6. The molecule has 0 saturated carbocycles. The van der Waals surface area contributed by atoms with E-state index in [-0.39, 0.29) is 0 Å². The van der Waals surface area contributed by atoms with Gasteiger partial charge in [0.15, 0.2) is 23.3 Å². The molecule has 0 bridgehead atoms. The van der Waals surface area contributed by atoms with Crippen LogP contribution in [0.15, 0.2) is 129 Å². The van der Waals surface area contributed by atoms with E-state index < -0.39 is 45.0 Å². The molecule has 2 saturated heterocycles. The van der Waals surface area contributed by atoms with Crippen molar-refractivity contribution in [1.82, 2.24) is 0 Å². The van der Waals surface area contributed by atoms with E-state index in [1.807, 2.05) is 13.8 Å². The summed E-state index contributed by atoms with van der Waals surface area (Å²) in [7, 11) is -7.93. The van der Waals surface area contributed by atoms with Gasteiger partial charge in [-0.2, -0.15) is 0 Å². The fraction of sp³-hybridized carbons (Fsp3) is 0.525. The number of fused-ring (bicyclic) bond motifs is 2. The molecule has 0 spiro atoms. The van der Waals surface area contributed by atoms with Gasteiger partial charge in [0.05, 0.1) is 0 Å². The van der Waals surface area contributed by atoms with Gasteiger partial charge >= 0.3 is 0 Å². The first-order chi connectivity index (χ1) is 44.4. The molecule has 0 aromatic heterocycles. The Kier molecular flexibility index (Phi) is 23.3. The van der Waals surface area contributed by atoms with E-state index in [0.717, 1.165) is 45.0 Å². The fourth-order valence-corrected chi connectivity index (χ4v) is 37.9. The molecule has 0 radical (unpaired) electrons. The van der Waals surface area contributed by atoms with Crippen molar-refractivity contribution in [3.8, 4) is 45.9 Å². The molecule has 4 aliphatic heterocycles. The van der Waals surface area contributed by atoms with Crippen LogP contribution >= 0.6 is 0 Å². The minimum absolute atomic E-state index is 0.398. The van der Waals surface area contributed by atoms with Gasteiger partial charge in [-0.25, -0.2) is 20.0 Å². The smallest absolute Gasteiger partial charge is 0.221 e. The first kappa shape index (κ1) is 73.3. The zero-order chi connectivity index (χ0) is 69.1. The Morgan fingerprint density at radius 2 is 0.447 bits per heavy atom. The Balaban J connectivity index is 1.31. The zero-order valence-corrected chi connectivity index (χ0v) is 66.1. The standard InChI is InChI=1S/C80H112N8O2Si4/c1-27-89-79-85(69-37-29-65(30-38-69)45-49-91(53(3)4,54(5)6)55(7)8)75-76(86(79)70-39-31-66(32-40-70)46-50-92(56(9)10,57(11)12)58(13)14)82-73(81-75)74-83-77-78(84-74)88(72-43-35-68(36-44-72)48-52-94(62(21)22,63(23)24)64(25)26)80(90-28-2)87(77)71-41-33-67(34-42-71)47-51-93(59(15)16,60(17)18)61(19)20/h29-44,53-64,79-80H,27-28H2,1-26H3. The van der Waals surface area contributed by atoms with Gasteiger partial charge in [0.2, 0.25) is 24.3 Å². The molecule has 8 rings (SSSR count). The lowest BCUT2D eigenvalue weighted by molar-refractivity contribution is 0.0799. The number of rotatable bonds is 20. The number of hydrogen-bond acceptors (Lipinski definition) is 10. The molecular weight excluding hydrogens is 1220 g/mol. The van der Waals surface area contributed by atoms with Crippen LogP contribution in [0.25, 0.3) is 0 Å². The number of aliphatic imine (C=N–C) groups is 4. The van der Waals surface area contributed by atoms with Gasteiger partial charge in [-0.05, 0) is 177 Å². The average molecular weight is 1330 g/mol. The summed E-state index contributed by atoms with van der Waals surface area (Å²) in [6.45, 7) is 61.7. The highest BCUT2D eigenvalue weighted by Crippen LogP contribution is 2.46. The molecule has 0 N–H and O–H groups in total. The van der Waals surface area contributed by atoms with Gasteiger partial charge < -0.3 is 9.47 Å². The molecule has 4 aromatic carbocycles. The highest BCUT2D eigenvalue weighted by molar-refractivity contribution is 6.92. The second-order valence-corrected chi connectivity index (χ2v) is 52.5. The summed E-state index contributed by atoms with van der Waals surface area (Å²) >= 11 is 0. The van der Waals surface area contributed by atoms with Crippen molar-refractivity contribution < 1.29 is 9.47 Å². The van der Waals surface area contributed by atoms with E-state index in [4.69, 9.17) is 29.4 Å². The van der Waals surface area contributed by atoms with Gasteiger partial charge in [0.25, 0.3) is 0 Å². The Morgan fingerprint density at radius 1 is 0.287 bits per heavy atom. The van der Waals surface area contributed by atoms with Crippen LogP contribution in [0.1, 0.15) is 202 Å². The number of hydrogen-bond donors (Lipinski definition) is 0. The lowest BCUT2D eigenvalue weighted by Crippen LogP contribution is -2.43. The van der Waals surface area contributed by atoms with Crippen LogP contribution < -0.4 is 19.6 Å². The predicted octanol–water partition coefficient (Wildman–Crippen LogP) is 20.7. The average Bonchev–Trinajstić information content (AvgIpc) is 1.57. The minimum Gasteiger partial charge on any atom is -0.340 e. The van der Waals surface area contributed by atoms with E-state index in [2.05, 4.69) is 329 Å². The van der Waals surface area contributed by atoms with Crippen LogP contribution in [0.2, 0.25) is 66.5 Å². The summed E-state index contributed by atoms with van der Waals surface area (Å²) < 4.78 is 13.7. The third kappa shape index (κ3) is 13.7. The predicted molar refractivity (Wildman–Crippen MR) is 415 cm³/mol. The topological polar surface area (TPSA) is 80.9 Å². The normalized spacial score (nSPS) is 15.7. The van der Waals surface area contributed by atoms with E-state index in [9.17, 15) is 0 Å². The van der Waals surface area contributed by atoms with E-state index in [1.165, 1.54) is 0 Å². The molecule has 0 amide bonds. The van der Waals surface area contributed by atoms with Crippen LogP contribution in [0.5, 0.6) is 0 Å². The highest BCUT2D eigenvalue weighted by atomic mass is 28.3. The van der Waals surface area contributed by atoms with E-state index in [0.29, 0.717) is 115 Å². The van der Waals surface area contributed by atoms with Crippen LogP contribution in [0.3, 0.4) is 0 Å². The molecule has 2 fully saturated rings. The molecule has 4 heterocycles. The van der Waals surface area contributed by atoms with Crippen molar-refractivity contribution in [2.45, 2.75) is 259 Å². The Morgan fingerprint density at radius 3 is 0.585 bits per heavy atom. The molecule has 14 heteroatoms. The Bertz CT molecular complexity index is 3190. The van der Waals surface area contributed by atoms with Crippen LogP contribution in [-0.2, 0) is 9.47 Å². The minimum atomic E-state index is -1.98. The maximum Gasteiger partial charge on any atom is 0.221 e. The number of amidine groups is 4. The summed E-state index contributed by atoms with van der Waals surface area (Å²) in [5, 5.41) is 0. The van der Waals surface area contributed by atoms with Gasteiger partial charge in [0.1, 0.15) is 32.3 Å². The second-order valence-electron chi connectivity index (χ2n) is 30.2. The number of anilines is 4. The third-order valence-corrected chi connectivity index (χ3v) is 46.8. The van der Waals surface area contributed by atoms with Crippen molar-refractivity contribution >= 4 is 78.4 Å². The SMILES string of the molecule is CCOC1N(c2ccc(C#C[Si](C(C)C)(C(C)C)C(C)C)cc2)C2=NC(=C3N=C4C(=N3)N(c3ccc(C#C[Si](C(C)C)(C(C)C)C(C)C)cc3)C(OCC)N4c3ccc(C#C[Si](C(C)C)(C(C)C)C(C)C)cc3)N=C2N1c1ccc(C#C[Si](C(C)C)(C(C)C)C(C)C)cc1. The molecule has 10 nitrogen and oxygen atoms in total. The highest BCUT2D eigenvalue weighted by Gasteiger charge is 2.51. The Hall–Kier alpha value is -6.47. The van der Waals surface area contributed by atoms with Crippen molar-refractivity contribution in [2.75, 3.05) is 32.8 Å². The van der Waals surface area contributed by atoms with Gasteiger partial charge in [-0.15, -0.1) is 22.2 Å². The molecule has 4 aliphatic rings. The van der Waals surface area contributed by atoms with Gasteiger partial charge in [0, 0.05) is 58.2 Å². The maximum atomic E-state index is 6.83. The molecule has 0 unspecified atom stereocenters. The molecular formula is C80H112N8O2Si4. The second kappa shape index (κ2) is 29.9. The van der Waals surface area contributed by atoms with E-state index in [1.54, 1.807) is 0 Å². The number of nitrogens with zero attached hydrogens (tertiary/aromatic N) is 8. The Labute approximate surface area is 573 Å². The first-order valence-corrected chi connectivity index (χ1v) is 44.4. The van der Waals surface area contributed by atoms with Crippen LogP contribution in [-0.4, -0.2) is 81.6 Å². The van der Waals surface area contributed by atoms with Crippen molar-refractivity contribution in [3.05, 3.63) is 131 Å². The summed E-state index contributed by atoms with van der Waals surface area (Å²) in [6.07, 6.45) is -1.24. The summed E-state index contributed by atoms with van der Waals surface area (Å²) in [4.78, 5) is 30.5. The maximum absolute atomic E-state index is 6.83. The summed E-state index contributed by atoms with van der Waals surface area (Å²) in [5.74, 6) is 18.1. The molecule has 0 atom stereocenters. The lowest BCUT2D eigenvalue weighted by atomic mass is 10.2. The molecule has 500 valence electrons. The molecule has 4 aromatic rings. The van der Waals surface area contributed by atoms with Gasteiger partial charge in [-0.1, -0.05) is 190 Å². The fourth-order valence-electron chi connectivity index (χ4n) is 17.0. The zero-order valence-electron chi connectivity index (χ0n) is 62.1. The van der Waals surface area contributed by atoms with Gasteiger partial charge in [-0.3, -0.25) is 19.6 Å².